The van der Waals surface area contributed by atoms with Crippen LogP contribution in [-0.2, 0) is 0 Å². The Morgan fingerprint density at radius 3 is 2.31 bits per heavy atom. The van der Waals surface area contributed by atoms with E-state index < -0.39 is 5.91 Å². The van der Waals surface area contributed by atoms with Crippen LogP contribution in [0.2, 0.25) is 0 Å². The van der Waals surface area contributed by atoms with Crippen molar-refractivity contribution in [2.45, 2.75) is 32.2 Å². The van der Waals surface area contributed by atoms with E-state index in [2.05, 4.69) is 34.6 Å². The Morgan fingerprint density at radius 2 is 1.72 bits per heavy atom. The van der Waals surface area contributed by atoms with Crippen LogP contribution in [-0.4, -0.2) is 37.8 Å². The molecule has 1 fully saturated rings. The lowest BCUT2D eigenvalue weighted by molar-refractivity contribution is 0.0971. The zero-order chi connectivity index (χ0) is 20.8. The molecule has 1 aliphatic rings. The summed E-state index contributed by atoms with van der Waals surface area (Å²) in [6, 6.07) is 13.8. The Morgan fingerprint density at radius 1 is 1.07 bits per heavy atom. The van der Waals surface area contributed by atoms with Gasteiger partial charge in [0.1, 0.15) is 17.1 Å². The molecule has 0 unspecified atom stereocenters. The maximum Gasteiger partial charge on any atom is 0.264 e. The number of carbonyl (C=O) groups excluding carboxylic acids is 1. The minimum Gasteiger partial charge on any atom is -0.496 e. The van der Waals surface area contributed by atoms with Crippen molar-refractivity contribution in [2.75, 3.05) is 31.0 Å². The average molecular weight is 414 g/mol. The normalized spacial score (nSPS) is 16.1. The van der Waals surface area contributed by atoms with Crippen LogP contribution in [0.5, 0.6) is 11.5 Å². The third-order valence-electron chi connectivity index (χ3n) is 5.14. The Bertz CT molecular complexity index is 848. The summed E-state index contributed by atoms with van der Waals surface area (Å²) in [5.41, 5.74) is 2.32. The van der Waals surface area contributed by atoms with Gasteiger partial charge in [0, 0.05) is 24.0 Å². The number of hydrogen-bond donors (Lipinski definition) is 2. The molecular formula is C22H27N3O3S. The molecule has 1 amide bonds. The second kappa shape index (κ2) is 9.60. The van der Waals surface area contributed by atoms with E-state index in [1.807, 2.05) is 12.1 Å². The fourth-order valence-corrected chi connectivity index (χ4v) is 3.83. The van der Waals surface area contributed by atoms with Crippen molar-refractivity contribution in [3.63, 3.8) is 0 Å². The van der Waals surface area contributed by atoms with Crippen LogP contribution in [0.3, 0.4) is 0 Å². The second-order valence-electron chi connectivity index (χ2n) is 7.03. The number of nitrogens with one attached hydrogen (secondary N) is 2. The third kappa shape index (κ3) is 4.98. The lowest BCUT2D eigenvalue weighted by Gasteiger charge is -2.35. The van der Waals surface area contributed by atoms with Crippen LogP contribution in [0.1, 0.15) is 36.5 Å². The largest absolute Gasteiger partial charge is 0.496 e. The van der Waals surface area contributed by atoms with Gasteiger partial charge in [0.15, 0.2) is 5.11 Å². The summed E-state index contributed by atoms with van der Waals surface area (Å²) in [7, 11) is 3.01. The molecule has 0 spiro atoms. The van der Waals surface area contributed by atoms with Crippen LogP contribution in [0.15, 0.2) is 42.5 Å². The number of thiocarbonyl (C=S) groups is 1. The Balaban J connectivity index is 1.64. The molecule has 0 bridgehead atoms. The Kier molecular flexibility index (Phi) is 6.93. The summed E-state index contributed by atoms with van der Waals surface area (Å²) in [5, 5.41) is 5.96. The highest BCUT2D eigenvalue weighted by Crippen LogP contribution is 2.28. The SMILES string of the molecule is COc1cccc(OC)c1C(=O)NC(=S)Nc1ccc(N2CCCC[C@@H]2C)cc1. The van der Waals surface area contributed by atoms with Crippen LogP contribution in [0.25, 0.3) is 0 Å². The van der Waals surface area contributed by atoms with Gasteiger partial charge in [-0.05, 0) is 74.8 Å². The van der Waals surface area contributed by atoms with E-state index in [0.29, 0.717) is 23.1 Å². The minimum absolute atomic E-state index is 0.210. The lowest BCUT2D eigenvalue weighted by Crippen LogP contribution is -2.37. The van der Waals surface area contributed by atoms with Gasteiger partial charge in [-0.1, -0.05) is 6.07 Å². The summed E-state index contributed by atoms with van der Waals surface area (Å²) < 4.78 is 10.6. The first-order valence-electron chi connectivity index (χ1n) is 9.73. The number of benzene rings is 2. The van der Waals surface area contributed by atoms with Gasteiger partial charge < -0.3 is 19.7 Å². The summed E-state index contributed by atoms with van der Waals surface area (Å²) in [4.78, 5) is 15.1. The zero-order valence-corrected chi connectivity index (χ0v) is 17.8. The molecule has 1 saturated heterocycles. The summed E-state index contributed by atoms with van der Waals surface area (Å²) >= 11 is 5.31. The van der Waals surface area contributed by atoms with Crippen molar-refractivity contribution in [3.05, 3.63) is 48.0 Å². The fraction of sp³-hybridized carbons (Fsp3) is 0.364. The molecule has 2 N–H and O–H groups in total. The molecule has 0 aliphatic carbocycles. The minimum atomic E-state index is -0.393. The number of nitrogens with zero attached hydrogens (tertiary/aromatic N) is 1. The molecule has 6 nitrogen and oxygen atoms in total. The predicted octanol–water partition coefficient (Wildman–Crippen LogP) is 4.21. The summed E-state index contributed by atoms with van der Waals surface area (Å²) in [6.07, 6.45) is 3.75. The van der Waals surface area contributed by atoms with Gasteiger partial charge in [0.05, 0.1) is 14.2 Å². The standard InChI is InChI=1S/C22H27N3O3S/c1-15-7-4-5-14-25(15)17-12-10-16(11-13-17)23-22(29)24-21(26)20-18(27-2)8-6-9-19(20)28-3/h6,8-13,15H,4-5,7,14H2,1-3H3,(H2,23,24,26,29)/t15-/m0/s1. The van der Waals surface area contributed by atoms with E-state index in [1.165, 1.54) is 39.2 Å². The molecule has 1 aliphatic heterocycles. The summed E-state index contributed by atoms with van der Waals surface area (Å²) in [5.74, 6) is 0.449. The number of piperidine rings is 1. The number of methoxy groups -OCH3 is 2. The van der Waals surface area contributed by atoms with Crippen molar-refractivity contribution < 1.29 is 14.3 Å². The molecule has 3 rings (SSSR count). The molecule has 2 aromatic carbocycles. The average Bonchev–Trinajstić information content (AvgIpc) is 2.74. The first-order chi connectivity index (χ1) is 14.0. The highest BCUT2D eigenvalue weighted by Gasteiger charge is 2.20. The number of rotatable bonds is 5. The van der Waals surface area contributed by atoms with Crippen LogP contribution >= 0.6 is 12.2 Å². The quantitative estimate of drug-likeness (QED) is 0.716. The highest BCUT2D eigenvalue weighted by molar-refractivity contribution is 7.80. The van der Waals surface area contributed by atoms with E-state index in [0.717, 1.165) is 12.2 Å². The molecule has 7 heteroatoms. The molecule has 0 radical (unpaired) electrons. The van der Waals surface area contributed by atoms with Crippen molar-refractivity contribution in [2.24, 2.45) is 0 Å². The molecule has 2 aromatic rings. The van der Waals surface area contributed by atoms with Gasteiger partial charge in [-0.15, -0.1) is 0 Å². The maximum atomic E-state index is 12.7. The molecular weight excluding hydrogens is 386 g/mol. The van der Waals surface area contributed by atoms with Gasteiger partial charge in [0.2, 0.25) is 0 Å². The van der Waals surface area contributed by atoms with Crippen LogP contribution in [0, 0.1) is 0 Å². The smallest absolute Gasteiger partial charge is 0.264 e. The van der Waals surface area contributed by atoms with E-state index in [-0.39, 0.29) is 5.11 Å². The first-order valence-corrected chi connectivity index (χ1v) is 10.1. The summed E-state index contributed by atoms with van der Waals surface area (Å²) in [6.45, 7) is 3.35. The van der Waals surface area contributed by atoms with E-state index in [4.69, 9.17) is 21.7 Å². The van der Waals surface area contributed by atoms with Gasteiger partial charge in [0.25, 0.3) is 5.91 Å². The number of carbonyl (C=O) groups is 1. The second-order valence-corrected chi connectivity index (χ2v) is 7.44. The first kappa shape index (κ1) is 20.9. The van der Waals surface area contributed by atoms with Gasteiger partial charge in [-0.2, -0.15) is 0 Å². The van der Waals surface area contributed by atoms with Gasteiger partial charge in [-0.3, -0.25) is 10.1 Å². The molecule has 1 heterocycles. The zero-order valence-electron chi connectivity index (χ0n) is 17.0. The van der Waals surface area contributed by atoms with Crippen molar-refractivity contribution in [1.29, 1.82) is 0 Å². The van der Waals surface area contributed by atoms with Crippen LogP contribution < -0.4 is 25.0 Å². The molecule has 0 saturated carbocycles. The number of amides is 1. The number of anilines is 2. The fourth-order valence-electron chi connectivity index (χ4n) is 3.62. The lowest BCUT2D eigenvalue weighted by atomic mass is 10.0. The third-order valence-corrected chi connectivity index (χ3v) is 5.35. The molecule has 29 heavy (non-hydrogen) atoms. The predicted molar refractivity (Wildman–Crippen MR) is 120 cm³/mol. The topological polar surface area (TPSA) is 62.8 Å². The maximum absolute atomic E-state index is 12.7. The van der Waals surface area contributed by atoms with Crippen molar-refractivity contribution >= 4 is 34.6 Å². The number of hydrogen-bond acceptors (Lipinski definition) is 5. The van der Waals surface area contributed by atoms with E-state index in [9.17, 15) is 4.79 Å². The van der Waals surface area contributed by atoms with Gasteiger partial charge in [-0.25, -0.2) is 0 Å². The van der Waals surface area contributed by atoms with Crippen molar-refractivity contribution in [1.82, 2.24) is 5.32 Å². The Hall–Kier alpha value is -2.80. The molecule has 0 aromatic heterocycles. The molecule has 154 valence electrons. The molecule has 1 atom stereocenters. The van der Waals surface area contributed by atoms with Gasteiger partial charge >= 0.3 is 0 Å². The van der Waals surface area contributed by atoms with E-state index >= 15 is 0 Å². The monoisotopic (exact) mass is 413 g/mol. The Labute approximate surface area is 177 Å². The van der Waals surface area contributed by atoms with E-state index in [1.54, 1.807) is 18.2 Å². The van der Waals surface area contributed by atoms with Crippen LogP contribution in [0.4, 0.5) is 11.4 Å². The van der Waals surface area contributed by atoms with Crippen molar-refractivity contribution in [3.8, 4) is 11.5 Å². The highest BCUT2D eigenvalue weighted by atomic mass is 32.1. The number of ether oxygens (including phenoxy) is 2.